The maximum Gasteiger partial charge on any atom is 0.0363 e. The summed E-state index contributed by atoms with van der Waals surface area (Å²) in [5.41, 5.74) is 2.73. The number of hydrogen-bond donors (Lipinski definition) is 1. The molecule has 18 heavy (non-hydrogen) atoms. The highest BCUT2D eigenvalue weighted by Crippen LogP contribution is 2.20. The van der Waals surface area contributed by atoms with E-state index in [2.05, 4.69) is 62.3 Å². The molecule has 0 aliphatic heterocycles. The number of nitrogens with one attached hydrogen (secondary N) is 1. The molecule has 0 saturated heterocycles. The Morgan fingerprint density at radius 2 is 1.78 bits per heavy atom. The van der Waals surface area contributed by atoms with E-state index in [1.165, 1.54) is 17.7 Å². The van der Waals surface area contributed by atoms with Gasteiger partial charge >= 0.3 is 0 Å². The van der Waals surface area contributed by atoms with E-state index in [4.69, 9.17) is 0 Å². The van der Waals surface area contributed by atoms with Gasteiger partial charge in [0.05, 0.1) is 0 Å². The van der Waals surface area contributed by atoms with Gasteiger partial charge in [-0.2, -0.15) is 0 Å². The maximum absolute atomic E-state index is 3.27. The van der Waals surface area contributed by atoms with Crippen LogP contribution in [-0.4, -0.2) is 27.2 Å². The van der Waals surface area contributed by atoms with Crippen molar-refractivity contribution < 1.29 is 0 Å². The van der Waals surface area contributed by atoms with Gasteiger partial charge in [-0.15, -0.1) is 0 Å². The van der Waals surface area contributed by atoms with E-state index >= 15 is 0 Å². The molecule has 1 aromatic carbocycles. The van der Waals surface area contributed by atoms with Crippen LogP contribution in [0.1, 0.15) is 38.7 Å². The van der Waals surface area contributed by atoms with E-state index in [1.54, 1.807) is 0 Å². The molecule has 0 saturated carbocycles. The standard InChI is InChI=1S/C16H28N2/c1-6-14(11-17-4)12-18(5)16-9-7-15(8-10-16)13(2)3/h7-10,13-14,17H,6,11-12H2,1-5H3. The first kappa shape index (κ1) is 15.0. The summed E-state index contributed by atoms with van der Waals surface area (Å²) in [5.74, 6) is 1.32. The van der Waals surface area contributed by atoms with Gasteiger partial charge in [-0.3, -0.25) is 0 Å². The summed E-state index contributed by atoms with van der Waals surface area (Å²) in [5, 5.41) is 3.27. The van der Waals surface area contributed by atoms with Gasteiger partial charge in [-0.25, -0.2) is 0 Å². The summed E-state index contributed by atoms with van der Waals surface area (Å²) in [7, 11) is 4.21. The van der Waals surface area contributed by atoms with Crippen LogP contribution < -0.4 is 10.2 Å². The molecule has 0 heterocycles. The first-order valence-electron chi connectivity index (χ1n) is 7.04. The fraction of sp³-hybridized carbons (Fsp3) is 0.625. The molecule has 1 aromatic rings. The summed E-state index contributed by atoms with van der Waals surface area (Å²) in [4.78, 5) is 2.36. The highest BCUT2D eigenvalue weighted by molar-refractivity contribution is 5.47. The van der Waals surface area contributed by atoms with E-state index in [-0.39, 0.29) is 0 Å². The normalized spacial score (nSPS) is 12.8. The Hall–Kier alpha value is -1.02. The SMILES string of the molecule is CCC(CNC)CN(C)c1ccc(C(C)C)cc1. The van der Waals surface area contributed by atoms with Gasteiger partial charge in [-0.1, -0.05) is 39.3 Å². The monoisotopic (exact) mass is 248 g/mol. The molecular formula is C16H28N2. The Balaban J connectivity index is 2.63. The highest BCUT2D eigenvalue weighted by atomic mass is 15.1. The second-order valence-corrected chi connectivity index (χ2v) is 5.46. The molecule has 2 heteroatoms. The second-order valence-electron chi connectivity index (χ2n) is 5.46. The molecule has 1 rings (SSSR count). The average Bonchev–Trinajstić information content (AvgIpc) is 2.38. The van der Waals surface area contributed by atoms with Crippen molar-refractivity contribution in [1.82, 2.24) is 5.32 Å². The largest absolute Gasteiger partial charge is 0.374 e. The highest BCUT2D eigenvalue weighted by Gasteiger charge is 2.09. The predicted octanol–water partition coefficient (Wildman–Crippen LogP) is 3.49. The van der Waals surface area contributed by atoms with Crippen LogP contribution in [0.15, 0.2) is 24.3 Å². The van der Waals surface area contributed by atoms with E-state index in [1.807, 2.05) is 7.05 Å². The molecule has 0 radical (unpaired) electrons. The molecule has 0 fully saturated rings. The molecule has 1 unspecified atom stereocenters. The molecule has 0 spiro atoms. The molecule has 1 atom stereocenters. The Morgan fingerprint density at radius 1 is 1.17 bits per heavy atom. The molecule has 0 aromatic heterocycles. The van der Waals surface area contributed by atoms with Crippen molar-refractivity contribution in [2.45, 2.75) is 33.1 Å². The number of nitrogens with zero attached hydrogens (tertiary/aromatic N) is 1. The zero-order valence-electron chi connectivity index (χ0n) is 12.5. The summed E-state index contributed by atoms with van der Waals surface area (Å²) in [6.07, 6.45) is 1.22. The molecule has 0 aliphatic carbocycles. The lowest BCUT2D eigenvalue weighted by molar-refractivity contribution is 0.485. The molecule has 0 amide bonds. The summed E-state index contributed by atoms with van der Waals surface area (Å²) < 4.78 is 0. The van der Waals surface area contributed by atoms with Crippen LogP contribution in [0.5, 0.6) is 0 Å². The molecule has 102 valence electrons. The van der Waals surface area contributed by atoms with Gasteiger partial charge in [0, 0.05) is 19.3 Å². The average molecular weight is 248 g/mol. The summed E-state index contributed by atoms with van der Waals surface area (Å²) in [6, 6.07) is 8.97. The first-order chi connectivity index (χ1) is 8.58. The minimum absolute atomic E-state index is 0.608. The Labute approximate surface area is 112 Å². The van der Waals surface area contributed by atoms with Crippen molar-refractivity contribution >= 4 is 5.69 Å². The van der Waals surface area contributed by atoms with Gasteiger partial charge in [0.2, 0.25) is 0 Å². The summed E-state index contributed by atoms with van der Waals surface area (Å²) >= 11 is 0. The minimum atomic E-state index is 0.608. The van der Waals surface area contributed by atoms with Crippen LogP contribution in [0.3, 0.4) is 0 Å². The molecule has 1 N–H and O–H groups in total. The van der Waals surface area contributed by atoms with Crippen LogP contribution in [0.2, 0.25) is 0 Å². The quantitative estimate of drug-likeness (QED) is 0.794. The third-order valence-corrected chi connectivity index (χ3v) is 3.60. The smallest absolute Gasteiger partial charge is 0.0363 e. The van der Waals surface area contributed by atoms with E-state index < -0.39 is 0 Å². The first-order valence-corrected chi connectivity index (χ1v) is 7.04. The zero-order valence-corrected chi connectivity index (χ0v) is 12.5. The lowest BCUT2D eigenvalue weighted by Crippen LogP contribution is -2.31. The Bertz CT molecular complexity index is 329. The van der Waals surface area contributed by atoms with Crippen molar-refractivity contribution in [2.75, 3.05) is 32.1 Å². The third-order valence-electron chi connectivity index (χ3n) is 3.60. The van der Waals surface area contributed by atoms with Gasteiger partial charge in [0.15, 0.2) is 0 Å². The molecule has 0 aliphatic rings. The predicted molar refractivity (Wildman–Crippen MR) is 81.5 cm³/mol. The third kappa shape index (κ3) is 4.34. The van der Waals surface area contributed by atoms with Crippen molar-refractivity contribution in [3.05, 3.63) is 29.8 Å². The van der Waals surface area contributed by atoms with Gasteiger partial charge < -0.3 is 10.2 Å². The molecule has 0 bridgehead atoms. The van der Waals surface area contributed by atoms with Crippen LogP contribution in [0.25, 0.3) is 0 Å². The number of benzene rings is 1. The van der Waals surface area contributed by atoms with Crippen LogP contribution >= 0.6 is 0 Å². The lowest BCUT2D eigenvalue weighted by Gasteiger charge is -2.25. The fourth-order valence-electron chi connectivity index (χ4n) is 2.23. The minimum Gasteiger partial charge on any atom is -0.374 e. The van der Waals surface area contributed by atoms with Crippen molar-refractivity contribution in [3.8, 4) is 0 Å². The van der Waals surface area contributed by atoms with Gasteiger partial charge in [0.25, 0.3) is 0 Å². The van der Waals surface area contributed by atoms with Gasteiger partial charge in [-0.05, 0) is 43.1 Å². The Morgan fingerprint density at radius 3 is 2.22 bits per heavy atom. The maximum atomic E-state index is 3.27. The number of rotatable bonds is 7. The molecule has 2 nitrogen and oxygen atoms in total. The van der Waals surface area contributed by atoms with E-state index in [9.17, 15) is 0 Å². The lowest BCUT2D eigenvalue weighted by atomic mass is 10.0. The van der Waals surface area contributed by atoms with Crippen molar-refractivity contribution in [2.24, 2.45) is 5.92 Å². The van der Waals surface area contributed by atoms with E-state index in [0.29, 0.717) is 11.8 Å². The molecular weight excluding hydrogens is 220 g/mol. The summed E-state index contributed by atoms with van der Waals surface area (Å²) in [6.45, 7) is 8.93. The van der Waals surface area contributed by atoms with Crippen molar-refractivity contribution in [1.29, 1.82) is 0 Å². The van der Waals surface area contributed by atoms with Crippen LogP contribution in [0, 0.1) is 5.92 Å². The fourth-order valence-corrected chi connectivity index (χ4v) is 2.23. The topological polar surface area (TPSA) is 15.3 Å². The van der Waals surface area contributed by atoms with Crippen molar-refractivity contribution in [3.63, 3.8) is 0 Å². The second kappa shape index (κ2) is 7.42. The van der Waals surface area contributed by atoms with Crippen LogP contribution in [-0.2, 0) is 0 Å². The Kier molecular flexibility index (Phi) is 6.20. The van der Waals surface area contributed by atoms with E-state index in [0.717, 1.165) is 13.1 Å². The number of anilines is 1. The number of hydrogen-bond acceptors (Lipinski definition) is 2. The van der Waals surface area contributed by atoms with Gasteiger partial charge in [0.1, 0.15) is 0 Å². The zero-order chi connectivity index (χ0) is 13.5. The van der Waals surface area contributed by atoms with Crippen LogP contribution in [0.4, 0.5) is 5.69 Å².